The minimum Gasteiger partial charge on any atom is -0.464 e. The Balaban J connectivity index is 1.57. The van der Waals surface area contributed by atoms with E-state index in [0.29, 0.717) is 33.3 Å². The van der Waals surface area contributed by atoms with Crippen molar-refractivity contribution in [3.63, 3.8) is 0 Å². The summed E-state index contributed by atoms with van der Waals surface area (Å²) in [7, 11) is -2.68. The van der Waals surface area contributed by atoms with Crippen molar-refractivity contribution >= 4 is 43.4 Å². The molecule has 0 saturated carbocycles. The smallest absolute Gasteiger partial charge is 0.357 e. The molecule has 188 valence electrons. The van der Waals surface area contributed by atoms with Crippen LogP contribution in [0.2, 0.25) is 0 Å². The third kappa shape index (κ3) is 4.56. The lowest BCUT2D eigenvalue weighted by atomic mass is 10.0. The van der Waals surface area contributed by atoms with Crippen LogP contribution in [-0.2, 0) is 14.8 Å². The number of benzene rings is 3. The second kappa shape index (κ2) is 9.96. The van der Waals surface area contributed by atoms with Gasteiger partial charge in [0.15, 0.2) is 5.69 Å². The molecular weight excluding hydrogens is 498 g/mol. The van der Waals surface area contributed by atoms with Crippen LogP contribution in [0.15, 0.2) is 84.0 Å². The average Bonchev–Trinajstić information content (AvgIpc) is 2.91. The molecular formula is C30H23N3O4S. The number of hydrogen-bond acceptors (Lipinski definition) is 6. The lowest BCUT2D eigenvalue weighted by Crippen LogP contribution is -2.16. The molecule has 0 amide bonds. The largest absolute Gasteiger partial charge is 0.464 e. The molecule has 3 aromatic carbocycles. The van der Waals surface area contributed by atoms with Crippen molar-refractivity contribution in [3.8, 4) is 11.8 Å². The number of rotatable bonds is 4. The van der Waals surface area contributed by atoms with Crippen molar-refractivity contribution in [2.45, 2.75) is 18.7 Å². The van der Waals surface area contributed by atoms with Gasteiger partial charge in [0, 0.05) is 34.1 Å². The molecule has 7 nitrogen and oxygen atoms in total. The highest BCUT2D eigenvalue weighted by molar-refractivity contribution is 7.93. The van der Waals surface area contributed by atoms with Crippen LogP contribution in [0.25, 0.3) is 21.7 Å². The minimum absolute atomic E-state index is 0.134. The van der Waals surface area contributed by atoms with Crippen molar-refractivity contribution in [1.82, 2.24) is 9.97 Å². The number of hydrogen-bond donors (Lipinski definition) is 1. The maximum absolute atomic E-state index is 13.6. The highest BCUT2D eigenvalue weighted by atomic mass is 32.2. The number of carbonyl (C=O) groups excluding carboxylic acids is 1. The zero-order valence-corrected chi connectivity index (χ0v) is 21.8. The summed E-state index contributed by atoms with van der Waals surface area (Å²) in [6, 6.07) is 19.7. The lowest BCUT2D eigenvalue weighted by Gasteiger charge is -2.15. The van der Waals surface area contributed by atoms with Crippen LogP contribution in [-0.4, -0.2) is 31.5 Å². The van der Waals surface area contributed by atoms with Gasteiger partial charge in [-0.15, -0.1) is 0 Å². The van der Waals surface area contributed by atoms with E-state index >= 15 is 0 Å². The zero-order valence-electron chi connectivity index (χ0n) is 20.9. The van der Waals surface area contributed by atoms with Gasteiger partial charge in [0.25, 0.3) is 10.0 Å². The molecule has 38 heavy (non-hydrogen) atoms. The number of methoxy groups -OCH3 is 1. The summed E-state index contributed by atoms with van der Waals surface area (Å²) in [5, 5.41) is 2.14. The molecule has 5 rings (SSSR count). The van der Waals surface area contributed by atoms with Gasteiger partial charge in [-0.2, -0.15) is 0 Å². The molecule has 2 heterocycles. The number of nitrogens with zero attached hydrogens (tertiary/aromatic N) is 2. The van der Waals surface area contributed by atoms with E-state index in [1.165, 1.54) is 13.3 Å². The molecule has 0 aliphatic heterocycles. The van der Waals surface area contributed by atoms with Crippen molar-refractivity contribution in [2.75, 3.05) is 11.8 Å². The molecule has 0 aliphatic carbocycles. The third-order valence-electron chi connectivity index (χ3n) is 6.18. The van der Waals surface area contributed by atoms with E-state index in [9.17, 15) is 13.2 Å². The summed E-state index contributed by atoms with van der Waals surface area (Å²) in [5.74, 6) is 5.63. The quantitative estimate of drug-likeness (QED) is 0.252. The maximum Gasteiger partial charge on any atom is 0.357 e. The number of aromatic nitrogens is 2. The lowest BCUT2D eigenvalue weighted by molar-refractivity contribution is 0.0596. The number of para-hydroxylation sites is 1. The fourth-order valence-electron chi connectivity index (χ4n) is 4.46. The Kier molecular flexibility index (Phi) is 6.53. The molecule has 1 N–H and O–H groups in total. The van der Waals surface area contributed by atoms with Gasteiger partial charge in [0.1, 0.15) is 4.90 Å². The molecule has 0 aliphatic rings. The SMILES string of the molecule is COC(=O)c1ncc(C#Cc2ccccc2NS(=O)(=O)c2c(C)cc(C)c3cccnc23)c2ccccc12. The number of fused-ring (bicyclic) bond motifs is 2. The predicted octanol–water partition coefficient (Wildman–Crippen LogP) is 5.39. The Morgan fingerprint density at radius 1 is 0.842 bits per heavy atom. The highest BCUT2D eigenvalue weighted by Gasteiger charge is 2.23. The van der Waals surface area contributed by atoms with Crippen molar-refractivity contribution in [1.29, 1.82) is 0 Å². The Morgan fingerprint density at radius 3 is 2.32 bits per heavy atom. The summed E-state index contributed by atoms with van der Waals surface area (Å²) < 4.78 is 34.8. The monoisotopic (exact) mass is 521 g/mol. The number of anilines is 1. The molecule has 0 bridgehead atoms. The van der Waals surface area contributed by atoms with Crippen LogP contribution in [0.5, 0.6) is 0 Å². The van der Waals surface area contributed by atoms with Gasteiger partial charge in [-0.25, -0.2) is 18.2 Å². The summed E-state index contributed by atoms with van der Waals surface area (Å²) in [6.07, 6.45) is 3.10. The standard InChI is InChI=1S/C30H23N3O4S/c1-19-17-20(2)29(27-23(19)12-8-16-31-27)38(35,36)33-26-13-7-4-9-21(26)14-15-22-18-32-28(30(34)37-3)25-11-6-5-10-24(22)25/h4-13,16-18,33H,1-3H3. The molecule has 0 radical (unpaired) electrons. The highest BCUT2D eigenvalue weighted by Crippen LogP contribution is 2.30. The summed E-state index contributed by atoms with van der Waals surface area (Å²) >= 11 is 0. The maximum atomic E-state index is 13.6. The average molecular weight is 522 g/mol. The Hall–Kier alpha value is -4.74. The van der Waals surface area contributed by atoms with E-state index in [1.807, 2.05) is 37.3 Å². The van der Waals surface area contributed by atoms with E-state index in [-0.39, 0.29) is 10.6 Å². The van der Waals surface area contributed by atoms with Gasteiger partial charge < -0.3 is 4.74 Å². The number of aryl methyl sites for hydroxylation is 2. The fraction of sp³-hybridized carbons (Fsp3) is 0.100. The molecule has 0 fully saturated rings. The van der Waals surface area contributed by atoms with Crippen LogP contribution in [0, 0.1) is 25.7 Å². The summed E-state index contributed by atoms with van der Waals surface area (Å²) in [6.45, 7) is 3.69. The number of carbonyl (C=O) groups is 1. The summed E-state index contributed by atoms with van der Waals surface area (Å²) in [5.41, 5.74) is 3.60. The van der Waals surface area contributed by atoms with Gasteiger partial charge in [0.05, 0.1) is 23.9 Å². The number of nitrogens with one attached hydrogen (secondary N) is 1. The number of esters is 1. The summed E-state index contributed by atoms with van der Waals surface area (Å²) in [4.78, 5) is 20.9. The first kappa shape index (κ1) is 24.9. The molecule has 0 spiro atoms. The van der Waals surface area contributed by atoms with Gasteiger partial charge in [0.2, 0.25) is 0 Å². The molecule has 2 aromatic heterocycles. The number of ether oxygens (including phenoxy) is 1. The topological polar surface area (TPSA) is 98.2 Å². The second-order valence-electron chi connectivity index (χ2n) is 8.70. The van der Waals surface area contributed by atoms with Gasteiger partial charge in [-0.05, 0) is 43.2 Å². The Morgan fingerprint density at radius 2 is 1.53 bits per heavy atom. The Bertz CT molecular complexity index is 1900. The van der Waals surface area contributed by atoms with E-state index in [0.717, 1.165) is 16.3 Å². The number of pyridine rings is 2. The van der Waals surface area contributed by atoms with E-state index < -0.39 is 16.0 Å². The van der Waals surface area contributed by atoms with E-state index in [2.05, 4.69) is 26.5 Å². The second-order valence-corrected chi connectivity index (χ2v) is 10.3. The first-order valence-corrected chi connectivity index (χ1v) is 13.2. The number of sulfonamides is 1. The molecule has 0 unspecified atom stereocenters. The van der Waals surface area contributed by atoms with Crippen molar-refractivity contribution < 1.29 is 17.9 Å². The first-order valence-electron chi connectivity index (χ1n) is 11.7. The fourth-order valence-corrected chi connectivity index (χ4v) is 5.93. The van der Waals surface area contributed by atoms with Crippen LogP contribution in [0.1, 0.15) is 32.7 Å². The van der Waals surface area contributed by atoms with Gasteiger partial charge >= 0.3 is 5.97 Å². The third-order valence-corrected chi connectivity index (χ3v) is 7.73. The van der Waals surface area contributed by atoms with Crippen LogP contribution < -0.4 is 4.72 Å². The zero-order chi connectivity index (χ0) is 26.9. The van der Waals surface area contributed by atoms with Crippen LogP contribution in [0.4, 0.5) is 5.69 Å². The first-order chi connectivity index (χ1) is 18.3. The molecule has 0 saturated heterocycles. The van der Waals surface area contributed by atoms with Crippen LogP contribution >= 0.6 is 0 Å². The molecule has 0 atom stereocenters. The van der Waals surface area contributed by atoms with E-state index in [1.54, 1.807) is 49.5 Å². The van der Waals surface area contributed by atoms with Gasteiger partial charge in [-0.3, -0.25) is 9.71 Å². The predicted molar refractivity (Wildman–Crippen MR) is 148 cm³/mol. The van der Waals surface area contributed by atoms with Gasteiger partial charge in [-0.1, -0.05) is 60.4 Å². The van der Waals surface area contributed by atoms with Crippen LogP contribution in [0.3, 0.4) is 0 Å². The van der Waals surface area contributed by atoms with E-state index in [4.69, 9.17) is 4.74 Å². The normalized spacial score (nSPS) is 11.1. The molecule has 8 heteroatoms. The van der Waals surface area contributed by atoms with Crippen molar-refractivity contribution in [2.24, 2.45) is 0 Å². The van der Waals surface area contributed by atoms with Crippen molar-refractivity contribution in [3.05, 3.63) is 107 Å². The molecule has 5 aromatic rings. The minimum atomic E-state index is -3.99. The Labute approximate surface area is 220 Å².